The van der Waals surface area contributed by atoms with Gasteiger partial charge in [0.2, 0.25) is 5.82 Å². The zero-order valence-electron chi connectivity index (χ0n) is 10.9. The number of nitrogens with one attached hydrogen (secondary N) is 1. The number of aromatic nitrogens is 4. The number of aromatic amines is 1. The van der Waals surface area contributed by atoms with Crippen LogP contribution in [0.1, 0.15) is 0 Å². The van der Waals surface area contributed by atoms with Crippen LogP contribution in [0.15, 0.2) is 50.3 Å². The van der Waals surface area contributed by atoms with E-state index in [2.05, 4.69) is 20.1 Å². The number of benzene rings is 1. The molecule has 0 aliphatic heterocycles. The van der Waals surface area contributed by atoms with Crippen LogP contribution in [0.3, 0.4) is 0 Å². The molecule has 0 fully saturated rings. The van der Waals surface area contributed by atoms with Gasteiger partial charge in [0.15, 0.2) is 5.58 Å². The molecule has 0 saturated heterocycles. The monoisotopic (exact) mass is 314 g/mol. The first-order valence-electron chi connectivity index (χ1n) is 6.28. The second-order valence-electron chi connectivity index (χ2n) is 4.52. The van der Waals surface area contributed by atoms with Gasteiger partial charge in [-0.05, 0) is 30.3 Å². The fourth-order valence-electron chi connectivity index (χ4n) is 2.05. The van der Waals surface area contributed by atoms with Crippen LogP contribution in [-0.4, -0.2) is 20.1 Å². The van der Waals surface area contributed by atoms with Gasteiger partial charge in [-0.3, -0.25) is 4.98 Å². The van der Waals surface area contributed by atoms with Crippen LogP contribution in [-0.2, 0) is 0 Å². The van der Waals surface area contributed by atoms with Gasteiger partial charge in [-0.2, -0.15) is 4.98 Å². The molecule has 8 heteroatoms. The third-order valence-corrected chi connectivity index (χ3v) is 3.30. The summed E-state index contributed by atoms with van der Waals surface area (Å²) in [7, 11) is 0. The smallest absolute Gasteiger partial charge is 0.408 e. The van der Waals surface area contributed by atoms with E-state index in [9.17, 15) is 4.79 Å². The fraction of sp³-hybridized carbons (Fsp3) is 0. The highest BCUT2D eigenvalue weighted by molar-refractivity contribution is 6.29. The number of hydrogen-bond acceptors (Lipinski definition) is 6. The van der Waals surface area contributed by atoms with E-state index in [-0.39, 0.29) is 0 Å². The Bertz CT molecular complexity index is 1020. The highest BCUT2D eigenvalue weighted by Gasteiger charge is 2.12. The maximum Gasteiger partial charge on any atom is 0.417 e. The summed E-state index contributed by atoms with van der Waals surface area (Å²) in [6.07, 6.45) is 1.55. The van der Waals surface area contributed by atoms with Crippen molar-refractivity contribution in [1.82, 2.24) is 20.1 Å². The summed E-state index contributed by atoms with van der Waals surface area (Å²) in [4.78, 5) is 22.0. The van der Waals surface area contributed by atoms with Crippen molar-refractivity contribution >= 4 is 22.7 Å². The van der Waals surface area contributed by atoms with Gasteiger partial charge in [-0.25, -0.2) is 9.78 Å². The second-order valence-corrected chi connectivity index (χ2v) is 4.91. The molecule has 0 radical (unpaired) electrons. The van der Waals surface area contributed by atoms with E-state index >= 15 is 0 Å². The van der Waals surface area contributed by atoms with Crippen LogP contribution in [0.4, 0.5) is 0 Å². The predicted molar refractivity (Wildman–Crippen MR) is 78.4 cm³/mol. The lowest BCUT2D eigenvalue weighted by molar-refractivity contribution is 0.432. The van der Waals surface area contributed by atoms with Crippen molar-refractivity contribution in [3.8, 4) is 22.8 Å². The molecule has 7 nitrogen and oxygen atoms in total. The van der Waals surface area contributed by atoms with Gasteiger partial charge in [0.1, 0.15) is 5.15 Å². The molecule has 1 N–H and O–H groups in total. The van der Waals surface area contributed by atoms with Crippen LogP contribution < -0.4 is 5.76 Å². The molecule has 0 bridgehead atoms. The Morgan fingerprint density at radius 3 is 2.82 bits per heavy atom. The molecule has 0 aliphatic rings. The van der Waals surface area contributed by atoms with Gasteiger partial charge in [0.05, 0.1) is 11.1 Å². The van der Waals surface area contributed by atoms with E-state index in [1.165, 1.54) is 0 Å². The first kappa shape index (κ1) is 12.8. The first-order valence-corrected chi connectivity index (χ1v) is 6.66. The van der Waals surface area contributed by atoms with E-state index in [0.29, 0.717) is 39.1 Å². The maximum absolute atomic E-state index is 11.2. The van der Waals surface area contributed by atoms with Crippen molar-refractivity contribution in [3.05, 3.63) is 52.2 Å². The van der Waals surface area contributed by atoms with Gasteiger partial charge in [-0.15, -0.1) is 0 Å². The second kappa shape index (κ2) is 4.81. The lowest BCUT2D eigenvalue weighted by Gasteiger charge is -1.94. The molecule has 0 spiro atoms. The van der Waals surface area contributed by atoms with Gasteiger partial charge in [0.25, 0.3) is 5.89 Å². The summed E-state index contributed by atoms with van der Waals surface area (Å²) in [6.45, 7) is 0. The minimum Gasteiger partial charge on any atom is -0.408 e. The summed E-state index contributed by atoms with van der Waals surface area (Å²) in [6, 6.07) is 8.51. The highest BCUT2D eigenvalue weighted by Crippen LogP contribution is 2.24. The number of halogens is 1. The number of nitrogens with zero attached hydrogens (tertiary/aromatic N) is 3. The zero-order chi connectivity index (χ0) is 15.1. The number of pyridine rings is 1. The number of oxazole rings is 1. The Morgan fingerprint density at radius 1 is 1.14 bits per heavy atom. The molecule has 22 heavy (non-hydrogen) atoms. The average Bonchev–Trinajstić information content (AvgIpc) is 3.12. The van der Waals surface area contributed by atoms with Gasteiger partial charge in [0, 0.05) is 11.8 Å². The average molecular weight is 315 g/mol. The number of H-pyrrole nitrogens is 1. The summed E-state index contributed by atoms with van der Waals surface area (Å²) >= 11 is 5.74. The van der Waals surface area contributed by atoms with Gasteiger partial charge >= 0.3 is 5.76 Å². The highest BCUT2D eigenvalue weighted by atomic mass is 35.5. The van der Waals surface area contributed by atoms with Gasteiger partial charge < -0.3 is 8.94 Å². The summed E-state index contributed by atoms with van der Waals surface area (Å²) in [5, 5.41) is 4.32. The molecule has 0 saturated carbocycles. The van der Waals surface area contributed by atoms with Crippen LogP contribution in [0, 0.1) is 0 Å². The Labute approximate surface area is 127 Å². The first-order chi connectivity index (χ1) is 10.7. The van der Waals surface area contributed by atoms with Crippen molar-refractivity contribution in [2.24, 2.45) is 0 Å². The van der Waals surface area contributed by atoms with Crippen molar-refractivity contribution in [1.29, 1.82) is 0 Å². The van der Waals surface area contributed by atoms with Crippen LogP contribution >= 0.6 is 11.6 Å². The number of hydrogen-bond donors (Lipinski definition) is 1. The topological polar surface area (TPSA) is 97.8 Å². The molecular weight excluding hydrogens is 308 g/mol. The molecule has 4 rings (SSSR count). The van der Waals surface area contributed by atoms with E-state index < -0.39 is 5.76 Å². The van der Waals surface area contributed by atoms with Crippen molar-refractivity contribution in [3.63, 3.8) is 0 Å². The Hall–Kier alpha value is -2.93. The molecule has 0 atom stereocenters. The third kappa shape index (κ3) is 2.17. The largest absolute Gasteiger partial charge is 0.417 e. The van der Waals surface area contributed by atoms with Crippen LogP contribution in [0.2, 0.25) is 5.15 Å². The molecule has 108 valence electrons. The quantitative estimate of drug-likeness (QED) is 0.571. The lowest BCUT2D eigenvalue weighted by atomic mass is 10.2. The lowest BCUT2D eigenvalue weighted by Crippen LogP contribution is -1.92. The number of fused-ring (bicyclic) bond motifs is 1. The van der Waals surface area contributed by atoms with Crippen LogP contribution in [0.25, 0.3) is 33.9 Å². The zero-order valence-corrected chi connectivity index (χ0v) is 11.7. The maximum atomic E-state index is 11.2. The summed E-state index contributed by atoms with van der Waals surface area (Å²) in [5.74, 6) is 0.224. The van der Waals surface area contributed by atoms with E-state index in [4.69, 9.17) is 20.5 Å². The predicted octanol–water partition coefficient (Wildman–Crippen LogP) is 2.89. The normalized spacial score (nSPS) is 11.1. The van der Waals surface area contributed by atoms with E-state index in [1.54, 1.807) is 36.5 Å². The summed E-state index contributed by atoms with van der Waals surface area (Å²) < 4.78 is 10.2. The minimum atomic E-state index is -0.506. The molecule has 0 amide bonds. The molecular formula is C14H7ClN4O3. The van der Waals surface area contributed by atoms with Crippen molar-refractivity contribution < 1.29 is 8.94 Å². The van der Waals surface area contributed by atoms with Crippen LogP contribution in [0.5, 0.6) is 0 Å². The number of rotatable bonds is 2. The Kier molecular flexibility index (Phi) is 2.80. The third-order valence-electron chi connectivity index (χ3n) is 3.08. The van der Waals surface area contributed by atoms with Gasteiger partial charge in [-0.1, -0.05) is 16.8 Å². The van der Waals surface area contributed by atoms with E-state index in [0.717, 1.165) is 0 Å². The molecule has 1 aromatic carbocycles. The van der Waals surface area contributed by atoms with Crippen molar-refractivity contribution in [2.75, 3.05) is 0 Å². The molecule has 0 aliphatic carbocycles. The molecule has 4 aromatic rings. The van der Waals surface area contributed by atoms with Crippen molar-refractivity contribution in [2.45, 2.75) is 0 Å². The molecule has 0 unspecified atom stereocenters. The minimum absolute atomic E-state index is 0.333. The summed E-state index contributed by atoms with van der Waals surface area (Å²) in [5.41, 5.74) is 2.41. The Balaban J connectivity index is 1.75. The fourth-order valence-corrected chi connectivity index (χ4v) is 2.16. The Morgan fingerprint density at radius 2 is 2.00 bits per heavy atom. The molecule has 3 heterocycles. The standard InChI is InChI=1S/C14H7ClN4O3/c15-11-4-2-8(6-16-11)13-18-12(19-22-13)7-1-3-10-9(5-7)17-14(20)21-10/h1-6H,(H,17,20). The molecule has 3 aromatic heterocycles. The SMILES string of the molecule is O=c1[nH]c2cc(-c3noc(-c4ccc(Cl)nc4)n3)ccc2o1. The van der Waals surface area contributed by atoms with E-state index in [1.807, 2.05) is 0 Å².